The van der Waals surface area contributed by atoms with Crippen LogP contribution in [0.5, 0.6) is 0 Å². The molecule has 1 fully saturated rings. The molecule has 0 amide bonds. The Morgan fingerprint density at radius 2 is 2.00 bits per heavy atom. The molecule has 0 atom stereocenters. The molecule has 3 heterocycles. The number of nitrogens with zero attached hydrogens (tertiary/aromatic N) is 5. The number of halogens is 3. The lowest BCUT2D eigenvalue weighted by Crippen LogP contribution is -2.41. The lowest BCUT2D eigenvalue weighted by Gasteiger charge is -2.32. The molecule has 1 aliphatic rings. The number of fused-ring (bicyclic) bond motifs is 1. The maximum atomic E-state index is 12.4. The van der Waals surface area contributed by atoms with Crippen LogP contribution in [0.3, 0.4) is 0 Å². The zero-order chi connectivity index (χ0) is 16.4. The molecule has 0 aliphatic carbocycles. The maximum absolute atomic E-state index is 12.4. The fraction of sp³-hybridized carbons (Fsp3) is 0.643. The Kier molecular flexibility index (Phi) is 4.38. The van der Waals surface area contributed by atoms with Gasteiger partial charge >= 0.3 is 6.18 Å². The molecule has 6 nitrogen and oxygen atoms in total. The van der Waals surface area contributed by atoms with Gasteiger partial charge in [0, 0.05) is 13.6 Å². The van der Waals surface area contributed by atoms with E-state index in [1.165, 1.54) is 11.2 Å². The first-order chi connectivity index (χ1) is 10.9. The Bertz CT molecular complexity index is 660. The maximum Gasteiger partial charge on any atom is 0.401 e. The first-order valence-corrected chi connectivity index (χ1v) is 7.58. The minimum atomic E-state index is -4.11. The Labute approximate surface area is 131 Å². The van der Waals surface area contributed by atoms with Gasteiger partial charge in [0.1, 0.15) is 12.1 Å². The van der Waals surface area contributed by atoms with Gasteiger partial charge in [-0.3, -0.25) is 9.58 Å². The van der Waals surface area contributed by atoms with Gasteiger partial charge in [0.2, 0.25) is 0 Å². The Morgan fingerprint density at radius 3 is 2.70 bits per heavy atom. The molecule has 0 spiro atoms. The number of aryl methyl sites for hydroxylation is 1. The number of alkyl halides is 3. The SMILES string of the molecule is Cn1ncc2c(NCC3CCN(CC(F)(F)F)CC3)ncnc21. The predicted octanol–water partition coefficient (Wildman–Crippen LogP) is 2.05. The van der Waals surface area contributed by atoms with E-state index in [0.717, 1.165) is 29.7 Å². The van der Waals surface area contributed by atoms with Gasteiger partial charge in [0.15, 0.2) is 5.65 Å². The van der Waals surface area contributed by atoms with Gasteiger partial charge in [-0.05, 0) is 31.8 Å². The van der Waals surface area contributed by atoms with Crippen LogP contribution in [0.1, 0.15) is 12.8 Å². The summed E-state index contributed by atoms with van der Waals surface area (Å²) in [5.41, 5.74) is 0.752. The van der Waals surface area contributed by atoms with Gasteiger partial charge in [-0.1, -0.05) is 0 Å². The van der Waals surface area contributed by atoms with Crippen molar-refractivity contribution in [1.29, 1.82) is 0 Å². The van der Waals surface area contributed by atoms with Crippen LogP contribution < -0.4 is 5.32 Å². The molecule has 0 saturated carbocycles. The second-order valence-corrected chi connectivity index (χ2v) is 5.94. The van der Waals surface area contributed by atoms with Crippen molar-refractivity contribution in [3.8, 4) is 0 Å². The average molecular weight is 328 g/mol. The Morgan fingerprint density at radius 1 is 1.26 bits per heavy atom. The van der Waals surface area contributed by atoms with Crippen LogP contribution >= 0.6 is 0 Å². The third-order valence-corrected chi connectivity index (χ3v) is 4.20. The predicted molar refractivity (Wildman–Crippen MR) is 80.0 cm³/mol. The van der Waals surface area contributed by atoms with E-state index in [0.29, 0.717) is 25.6 Å². The highest BCUT2D eigenvalue weighted by Gasteiger charge is 2.32. The largest absolute Gasteiger partial charge is 0.401 e. The summed E-state index contributed by atoms with van der Waals surface area (Å²) in [7, 11) is 1.81. The van der Waals surface area contributed by atoms with E-state index in [2.05, 4.69) is 20.4 Å². The van der Waals surface area contributed by atoms with E-state index in [1.54, 1.807) is 10.9 Å². The summed E-state index contributed by atoms with van der Waals surface area (Å²) < 4.78 is 38.8. The highest BCUT2D eigenvalue weighted by Crippen LogP contribution is 2.24. The zero-order valence-electron chi connectivity index (χ0n) is 12.8. The minimum absolute atomic E-state index is 0.348. The van der Waals surface area contributed by atoms with Crippen LogP contribution in [-0.4, -0.2) is 57.0 Å². The number of piperidine rings is 1. The van der Waals surface area contributed by atoms with Crippen molar-refractivity contribution in [2.75, 3.05) is 31.5 Å². The lowest BCUT2D eigenvalue weighted by molar-refractivity contribution is -0.148. The van der Waals surface area contributed by atoms with Crippen molar-refractivity contribution in [2.24, 2.45) is 13.0 Å². The number of likely N-dealkylation sites (tertiary alicyclic amines) is 1. The standard InChI is InChI=1S/C14H19F3N6/c1-22-13-11(7-21-22)12(19-9-20-13)18-6-10-2-4-23(5-3-10)8-14(15,16)17/h7,9-10H,2-6,8H2,1H3,(H,18,19,20). The summed E-state index contributed by atoms with van der Waals surface area (Å²) in [6.45, 7) is 0.853. The van der Waals surface area contributed by atoms with Crippen LogP contribution in [0.2, 0.25) is 0 Å². The number of hydrogen-bond acceptors (Lipinski definition) is 5. The molecule has 0 aromatic carbocycles. The zero-order valence-corrected chi connectivity index (χ0v) is 12.8. The van der Waals surface area contributed by atoms with E-state index in [4.69, 9.17) is 0 Å². The van der Waals surface area contributed by atoms with E-state index in [9.17, 15) is 13.2 Å². The van der Waals surface area contributed by atoms with Gasteiger partial charge in [0.25, 0.3) is 0 Å². The molecular weight excluding hydrogens is 309 g/mol. The molecule has 0 bridgehead atoms. The van der Waals surface area contributed by atoms with Crippen molar-refractivity contribution >= 4 is 16.9 Å². The summed E-state index contributed by atoms with van der Waals surface area (Å²) in [5, 5.41) is 8.30. The minimum Gasteiger partial charge on any atom is -0.369 e. The summed E-state index contributed by atoms with van der Waals surface area (Å²) in [4.78, 5) is 9.88. The summed E-state index contributed by atoms with van der Waals surface area (Å²) in [6.07, 6.45) is 0.592. The summed E-state index contributed by atoms with van der Waals surface area (Å²) in [6, 6.07) is 0. The molecule has 2 aromatic heterocycles. The van der Waals surface area contributed by atoms with Gasteiger partial charge in [-0.15, -0.1) is 0 Å². The van der Waals surface area contributed by atoms with Crippen molar-refractivity contribution in [3.63, 3.8) is 0 Å². The quantitative estimate of drug-likeness (QED) is 0.931. The molecule has 3 rings (SSSR count). The van der Waals surface area contributed by atoms with Crippen molar-refractivity contribution in [1.82, 2.24) is 24.6 Å². The lowest BCUT2D eigenvalue weighted by atomic mass is 9.97. The van der Waals surface area contributed by atoms with Crippen molar-refractivity contribution in [3.05, 3.63) is 12.5 Å². The van der Waals surface area contributed by atoms with E-state index in [1.807, 2.05) is 7.05 Å². The summed E-state index contributed by atoms with van der Waals surface area (Å²) >= 11 is 0. The highest BCUT2D eigenvalue weighted by atomic mass is 19.4. The molecule has 1 N–H and O–H groups in total. The Balaban J connectivity index is 1.53. The Hall–Kier alpha value is -1.90. The van der Waals surface area contributed by atoms with Gasteiger partial charge < -0.3 is 5.32 Å². The molecule has 2 aromatic rings. The number of hydrogen-bond donors (Lipinski definition) is 1. The molecule has 23 heavy (non-hydrogen) atoms. The monoisotopic (exact) mass is 328 g/mol. The van der Waals surface area contributed by atoms with Crippen LogP contribution in [0.4, 0.5) is 19.0 Å². The third kappa shape index (κ3) is 3.90. The van der Waals surface area contributed by atoms with Gasteiger partial charge in [0.05, 0.1) is 18.1 Å². The summed E-state index contributed by atoms with van der Waals surface area (Å²) in [5.74, 6) is 1.07. The molecule has 1 aliphatic heterocycles. The van der Waals surface area contributed by atoms with Crippen LogP contribution in [0.25, 0.3) is 11.0 Å². The highest BCUT2D eigenvalue weighted by molar-refractivity contribution is 5.85. The number of aromatic nitrogens is 4. The number of rotatable bonds is 4. The smallest absolute Gasteiger partial charge is 0.369 e. The van der Waals surface area contributed by atoms with E-state index in [-0.39, 0.29) is 0 Å². The molecule has 1 saturated heterocycles. The second-order valence-electron chi connectivity index (χ2n) is 5.94. The molecule has 9 heteroatoms. The van der Waals surface area contributed by atoms with Crippen molar-refractivity contribution in [2.45, 2.75) is 19.0 Å². The van der Waals surface area contributed by atoms with E-state index < -0.39 is 12.7 Å². The first-order valence-electron chi connectivity index (χ1n) is 7.58. The van der Waals surface area contributed by atoms with Crippen LogP contribution in [0, 0.1) is 5.92 Å². The molecule has 0 radical (unpaired) electrons. The van der Waals surface area contributed by atoms with Crippen LogP contribution in [-0.2, 0) is 7.05 Å². The van der Waals surface area contributed by atoms with Gasteiger partial charge in [-0.2, -0.15) is 18.3 Å². The van der Waals surface area contributed by atoms with Gasteiger partial charge in [-0.25, -0.2) is 9.97 Å². The number of nitrogens with one attached hydrogen (secondary N) is 1. The molecule has 0 unspecified atom stereocenters. The average Bonchev–Trinajstić information content (AvgIpc) is 2.87. The van der Waals surface area contributed by atoms with Crippen molar-refractivity contribution < 1.29 is 13.2 Å². The van der Waals surface area contributed by atoms with E-state index >= 15 is 0 Å². The third-order valence-electron chi connectivity index (χ3n) is 4.20. The second kappa shape index (κ2) is 6.31. The fourth-order valence-corrected chi connectivity index (χ4v) is 2.95. The first kappa shape index (κ1) is 16.0. The van der Waals surface area contributed by atoms with Crippen LogP contribution in [0.15, 0.2) is 12.5 Å². The normalized spacial score (nSPS) is 17.7. The number of anilines is 1. The topological polar surface area (TPSA) is 58.9 Å². The molecule has 126 valence electrons. The molecular formula is C14H19F3N6. The fourth-order valence-electron chi connectivity index (χ4n) is 2.95.